The van der Waals surface area contributed by atoms with E-state index in [1.165, 1.54) is 44.3 Å². The van der Waals surface area contributed by atoms with Gasteiger partial charge < -0.3 is 14.0 Å². The summed E-state index contributed by atoms with van der Waals surface area (Å²) in [5.74, 6) is 2.16. The first-order valence-electron chi connectivity index (χ1n) is 20.4. The quantitative estimate of drug-likeness (QED) is 0.107. The van der Waals surface area contributed by atoms with Crippen LogP contribution in [0.15, 0.2) is 126 Å². The van der Waals surface area contributed by atoms with Crippen LogP contribution in [-0.4, -0.2) is 22.6 Å². The summed E-state index contributed by atoms with van der Waals surface area (Å²) < 4.78 is 8.24. The molecule has 3 aromatic heterocycles. The molecule has 0 aliphatic rings. The fraction of sp³-hybridized carbons (Fsp3) is 0.269. The van der Waals surface area contributed by atoms with Crippen molar-refractivity contribution in [2.24, 2.45) is 5.92 Å². The first kappa shape index (κ1) is 42.7. The van der Waals surface area contributed by atoms with E-state index in [0.29, 0.717) is 17.8 Å². The van der Waals surface area contributed by atoms with Gasteiger partial charge >= 0.3 is 0 Å². The summed E-state index contributed by atoms with van der Waals surface area (Å²) in [7, 11) is -1.34. The van der Waals surface area contributed by atoms with Gasteiger partial charge in [0.15, 0.2) is 0 Å². The topological polar surface area (TPSA) is 43.9 Å². The van der Waals surface area contributed by atoms with Crippen LogP contribution < -0.4 is 5.19 Å². The SMILES string of the molecule is CC(C)Cc1cc(-c2[c-]cccc2)ncc1[Si](C)(C)C.Cc1ccc2o[c-]c(-c3nc4ccccc4n3-c3c(C(C)C)cc(-c4ccccc4)cc3C(C)C)c2c1.[Ir]. The number of pyridine rings is 1. The number of aryl methyl sites for hydroxylation is 1. The fourth-order valence-electron chi connectivity index (χ4n) is 7.77. The molecular weight excluding hydrogens is 903 g/mol. The first-order valence-corrected chi connectivity index (χ1v) is 23.9. The molecule has 5 aromatic carbocycles. The van der Waals surface area contributed by atoms with E-state index in [2.05, 4.69) is 187 Å². The number of rotatable bonds is 9. The Bertz CT molecular complexity index is 2600. The Hall–Kier alpha value is -4.87. The zero-order valence-corrected chi connectivity index (χ0v) is 39.0. The molecule has 0 atom stereocenters. The van der Waals surface area contributed by atoms with Crippen molar-refractivity contribution in [1.29, 1.82) is 0 Å². The van der Waals surface area contributed by atoms with Gasteiger partial charge in [0.2, 0.25) is 0 Å². The Balaban J connectivity index is 0.000000230. The molecule has 8 rings (SSSR count). The van der Waals surface area contributed by atoms with Crippen molar-refractivity contribution >= 4 is 35.3 Å². The predicted octanol–water partition coefficient (Wildman–Crippen LogP) is 13.8. The van der Waals surface area contributed by atoms with E-state index in [0.717, 1.165) is 51.1 Å². The minimum absolute atomic E-state index is 0. The molecule has 0 aliphatic heterocycles. The second kappa shape index (κ2) is 17.9. The number of aromatic nitrogens is 3. The Morgan fingerprint density at radius 3 is 2.05 bits per heavy atom. The van der Waals surface area contributed by atoms with E-state index in [4.69, 9.17) is 9.40 Å². The molecule has 0 saturated heterocycles. The molecule has 3 heterocycles. The van der Waals surface area contributed by atoms with E-state index in [1.807, 2.05) is 24.3 Å². The van der Waals surface area contributed by atoms with Crippen molar-refractivity contribution in [1.82, 2.24) is 14.5 Å². The molecule has 0 N–H and O–H groups in total. The summed E-state index contributed by atoms with van der Waals surface area (Å²) >= 11 is 0. The van der Waals surface area contributed by atoms with Crippen molar-refractivity contribution in [3.63, 3.8) is 0 Å². The van der Waals surface area contributed by atoms with Gasteiger partial charge in [0.25, 0.3) is 0 Å². The average Bonchev–Trinajstić information content (AvgIpc) is 3.78. The Morgan fingerprint density at radius 2 is 1.41 bits per heavy atom. The van der Waals surface area contributed by atoms with Gasteiger partial charge in [0.1, 0.15) is 0 Å². The minimum atomic E-state index is -1.34. The number of imidazole rings is 1. The molecule has 0 fully saturated rings. The Morgan fingerprint density at radius 1 is 0.741 bits per heavy atom. The van der Waals surface area contributed by atoms with E-state index in [1.54, 1.807) is 0 Å². The van der Waals surface area contributed by atoms with Crippen LogP contribution in [0.2, 0.25) is 19.6 Å². The van der Waals surface area contributed by atoms with Gasteiger partial charge in [-0.3, -0.25) is 4.98 Å². The predicted molar refractivity (Wildman–Crippen MR) is 243 cm³/mol. The van der Waals surface area contributed by atoms with Crippen LogP contribution >= 0.6 is 0 Å². The average molecular weight is 958 g/mol. The standard InChI is InChI=1S/C34H31N2O.C18H24NSi.Ir/c1-21(2)26-18-25(24-11-7-6-8-12-24)19-27(22(3)4)33(26)36-31-14-10-9-13-30(31)35-34(36)29-20-37-32-16-15-23(5)17-28(29)32;1-14(2)11-16-12-17(15-9-7-6-8-10-15)19-13-18(16)20(3,4)5;/h6-19,21-22H,1-5H3;6-9,12-14H,11H2,1-5H3;/q2*-1;. The molecule has 8 aromatic rings. The van der Waals surface area contributed by atoms with Gasteiger partial charge in [-0.05, 0) is 88.5 Å². The molecule has 0 bridgehead atoms. The van der Waals surface area contributed by atoms with Gasteiger partial charge in [-0.2, -0.15) is 0 Å². The molecule has 0 spiro atoms. The van der Waals surface area contributed by atoms with Gasteiger partial charge in [0, 0.05) is 43.8 Å². The number of para-hydroxylation sites is 2. The van der Waals surface area contributed by atoms with Crippen molar-refractivity contribution in [3.05, 3.63) is 156 Å². The van der Waals surface area contributed by atoms with Crippen LogP contribution in [0.4, 0.5) is 0 Å². The van der Waals surface area contributed by atoms with Crippen molar-refractivity contribution in [2.75, 3.05) is 0 Å². The maximum Gasteiger partial charge on any atom is 0.0798 e. The second-order valence-electron chi connectivity index (χ2n) is 17.4. The summed E-state index contributed by atoms with van der Waals surface area (Å²) in [4.78, 5) is 9.85. The van der Waals surface area contributed by atoms with Crippen molar-refractivity contribution in [2.45, 2.75) is 86.4 Å². The van der Waals surface area contributed by atoms with Gasteiger partial charge in [-0.1, -0.05) is 150 Å². The van der Waals surface area contributed by atoms with Crippen LogP contribution in [0.1, 0.15) is 75.6 Å². The summed E-state index contributed by atoms with van der Waals surface area (Å²) in [5.41, 5.74) is 14.9. The van der Waals surface area contributed by atoms with Crippen molar-refractivity contribution < 1.29 is 24.5 Å². The third-order valence-electron chi connectivity index (χ3n) is 10.6. The van der Waals surface area contributed by atoms with Gasteiger partial charge in [-0.15, -0.1) is 35.9 Å². The van der Waals surface area contributed by atoms with E-state index < -0.39 is 8.07 Å². The third-order valence-corrected chi connectivity index (χ3v) is 12.7. The van der Waals surface area contributed by atoms with Crippen LogP contribution in [0.5, 0.6) is 0 Å². The van der Waals surface area contributed by atoms with Crippen LogP contribution in [-0.2, 0) is 26.5 Å². The summed E-state index contributed by atoms with van der Waals surface area (Å²) in [6, 6.07) is 43.7. The smallest absolute Gasteiger partial charge is 0.0798 e. The molecule has 1 radical (unpaired) electrons. The molecule has 0 aliphatic carbocycles. The number of furan rings is 1. The molecule has 0 unspecified atom stereocenters. The van der Waals surface area contributed by atoms with Crippen LogP contribution in [0.3, 0.4) is 0 Å². The summed E-state index contributed by atoms with van der Waals surface area (Å²) in [6.07, 6.45) is 6.44. The van der Waals surface area contributed by atoms with E-state index in [9.17, 15) is 0 Å². The number of hydrogen-bond donors (Lipinski definition) is 0. The summed E-state index contributed by atoms with van der Waals surface area (Å²) in [6.45, 7) is 22.9. The van der Waals surface area contributed by atoms with E-state index in [-0.39, 0.29) is 20.1 Å². The molecular formula is C52H55IrN3OSi-2. The first-order chi connectivity index (χ1) is 27.3. The Labute approximate surface area is 360 Å². The molecule has 299 valence electrons. The molecule has 4 nitrogen and oxygen atoms in total. The molecule has 0 amide bonds. The summed E-state index contributed by atoms with van der Waals surface area (Å²) in [5, 5.41) is 2.53. The van der Waals surface area contributed by atoms with Gasteiger partial charge in [-0.25, -0.2) is 0 Å². The second-order valence-corrected chi connectivity index (χ2v) is 22.4. The minimum Gasteiger partial charge on any atom is -0.557 e. The normalized spacial score (nSPS) is 11.7. The fourth-order valence-corrected chi connectivity index (χ4v) is 9.36. The van der Waals surface area contributed by atoms with Crippen molar-refractivity contribution in [3.8, 4) is 39.5 Å². The largest absolute Gasteiger partial charge is 0.557 e. The van der Waals surface area contributed by atoms with Crippen LogP contribution in [0, 0.1) is 25.2 Å². The van der Waals surface area contributed by atoms with Gasteiger partial charge in [0.05, 0.1) is 24.9 Å². The monoisotopic (exact) mass is 958 g/mol. The van der Waals surface area contributed by atoms with Crippen LogP contribution in [0.25, 0.3) is 61.5 Å². The molecule has 0 saturated carbocycles. The number of hydrogen-bond acceptors (Lipinski definition) is 3. The number of benzene rings is 5. The van der Waals surface area contributed by atoms with E-state index >= 15 is 0 Å². The number of fused-ring (bicyclic) bond motifs is 2. The number of nitrogens with zero attached hydrogens (tertiary/aromatic N) is 3. The Kier molecular flexibility index (Phi) is 13.2. The molecule has 58 heavy (non-hydrogen) atoms. The maximum absolute atomic E-state index is 5.90. The zero-order valence-electron chi connectivity index (χ0n) is 35.6. The third kappa shape index (κ3) is 9.05. The molecule has 6 heteroatoms. The zero-order chi connectivity index (χ0) is 40.4. The maximum atomic E-state index is 5.90.